The fourth-order valence-electron chi connectivity index (χ4n) is 4.36. The van der Waals surface area contributed by atoms with Crippen LogP contribution < -0.4 is 5.56 Å². The van der Waals surface area contributed by atoms with Crippen LogP contribution in [0.25, 0.3) is 10.2 Å². The van der Waals surface area contributed by atoms with Gasteiger partial charge in [-0.2, -0.15) is 0 Å². The average molecular weight is 483 g/mol. The van der Waals surface area contributed by atoms with Gasteiger partial charge in [0.1, 0.15) is 15.5 Å². The number of rotatable bonds is 6. The summed E-state index contributed by atoms with van der Waals surface area (Å²) in [4.78, 5) is 50.6. The van der Waals surface area contributed by atoms with Gasteiger partial charge in [0.25, 0.3) is 5.56 Å². The number of nitrogens with one attached hydrogen (secondary N) is 1. The molecule has 1 N–H and O–H groups in total. The zero-order valence-corrected chi connectivity index (χ0v) is 20.8. The van der Waals surface area contributed by atoms with Gasteiger partial charge in [0, 0.05) is 26.2 Å². The van der Waals surface area contributed by atoms with Crippen molar-refractivity contribution in [3.63, 3.8) is 0 Å². The highest BCUT2D eigenvalue weighted by Gasteiger charge is 2.27. The Balaban J connectivity index is 1.45. The molecule has 1 aliphatic heterocycles. The van der Waals surface area contributed by atoms with Gasteiger partial charge in [0.15, 0.2) is 0 Å². The Morgan fingerprint density at radius 1 is 1.18 bits per heavy atom. The van der Waals surface area contributed by atoms with Crippen LogP contribution in [0.2, 0.25) is 0 Å². The van der Waals surface area contributed by atoms with Crippen LogP contribution in [-0.4, -0.2) is 64.4 Å². The summed E-state index contributed by atoms with van der Waals surface area (Å²) in [5.41, 5.74) is 2.55. The van der Waals surface area contributed by atoms with Gasteiger partial charge in [0.2, 0.25) is 5.91 Å². The first-order chi connectivity index (χ1) is 16.3. The summed E-state index contributed by atoms with van der Waals surface area (Å²) in [6.07, 6.45) is 0.411. The number of benzene rings is 1. The largest absolute Gasteiger partial charge is 0.462 e. The van der Waals surface area contributed by atoms with E-state index < -0.39 is 5.97 Å². The number of H-pyrrole nitrogens is 1. The Morgan fingerprint density at radius 3 is 2.56 bits per heavy atom. The number of piperazine rings is 1. The standard InChI is InChI=1S/C25H30N4O4S/c1-5-33-25(32)21-16(3)20-23(31)26-22(27-24(20)34-21)17(4)28-10-12-29(13-11-28)19(30)14-18-9-7-6-8-15(18)2/h6-9,17H,5,10-14H2,1-4H3,(H,26,27,31). The monoisotopic (exact) mass is 482 g/mol. The second-order valence-corrected chi connectivity index (χ2v) is 9.60. The minimum absolute atomic E-state index is 0.126. The molecule has 8 nitrogen and oxygen atoms in total. The number of thiophene rings is 1. The van der Waals surface area contributed by atoms with Crippen molar-refractivity contribution in [1.29, 1.82) is 0 Å². The molecular weight excluding hydrogens is 452 g/mol. The van der Waals surface area contributed by atoms with Crippen molar-refractivity contribution >= 4 is 33.4 Å². The summed E-state index contributed by atoms with van der Waals surface area (Å²) >= 11 is 1.19. The molecule has 0 saturated carbocycles. The second kappa shape index (κ2) is 10.1. The van der Waals surface area contributed by atoms with Crippen molar-refractivity contribution in [2.24, 2.45) is 0 Å². The number of carbonyl (C=O) groups is 2. The van der Waals surface area contributed by atoms with E-state index >= 15 is 0 Å². The molecule has 1 fully saturated rings. The lowest BCUT2D eigenvalue weighted by Crippen LogP contribution is -2.50. The van der Waals surface area contributed by atoms with Crippen molar-refractivity contribution in [3.8, 4) is 0 Å². The lowest BCUT2D eigenvalue weighted by atomic mass is 10.1. The van der Waals surface area contributed by atoms with Crippen LogP contribution in [0.5, 0.6) is 0 Å². The third kappa shape index (κ3) is 4.76. The van der Waals surface area contributed by atoms with E-state index in [9.17, 15) is 14.4 Å². The van der Waals surface area contributed by atoms with Crippen molar-refractivity contribution in [2.45, 2.75) is 40.2 Å². The molecule has 2 aromatic heterocycles. The molecule has 4 rings (SSSR count). The molecule has 0 bridgehead atoms. The zero-order chi connectivity index (χ0) is 24.4. The number of fused-ring (bicyclic) bond motifs is 1. The predicted molar refractivity (Wildman–Crippen MR) is 132 cm³/mol. The number of amides is 1. The summed E-state index contributed by atoms with van der Waals surface area (Å²) in [6.45, 7) is 10.5. The molecule has 180 valence electrons. The fourth-order valence-corrected chi connectivity index (χ4v) is 5.45. The van der Waals surface area contributed by atoms with Gasteiger partial charge in [-0.15, -0.1) is 11.3 Å². The summed E-state index contributed by atoms with van der Waals surface area (Å²) < 4.78 is 5.12. The SMILES string of the molecule is CCOC(=O)c1sc2nc(C(C)N3CCN(C(=O)Cc4ccccc4C)CC3)[nH]c(=O)c2c1C. The molecule has 0 radical (unpaired) electrons. The highest BCUT2D eigenvalue weighted by Crippen LogP contribution is 2.29. The van der Waals surface area contributed by atoms with Crippen molar-refractivity contribution < 1.29 is 14.3 Å². The first-order valence-corrected chi connectivity index (χ1v) is 12.4. The number of nitrogens with zero attached hydrogens (tertiary/aromatic N) is 3. The number of esters is 1. The van der Waals surface area contributed by atoms with E-state index in [4.69, 9.17) is 4.74 Å². The fraction of sp³-hybridized carbons (Fsp3) is 0.440. The van der Waals surface area contributed by atoms with E-state index in [1.54, 1.807) is 13.8 Å². The van der Waals surface area contributed by atoms with Gasteiger partial charge in [-0.3, -0.25) is 14.5 Å². The second-order valence-electron chi connectivity index (χ2n) is 8.60. The molecule has 3 heterocycles. The number of hydrogen-bond donors (Lipinski definition) is 1. The topological polar surface area (TPSA) is 95.6 Å². The molecule has 1 saturated heterocycles. The Kier molecular flexibility index (Phi) is 7.13. The molecule has 1 atom stereocenters. The normalized spacial score (nSPS) is 15.5. The molecule has 3 aromatic rings. The molecule has 9 heteroatoms. The van der Waals surface area contributed by atoms with Crippen LogP contribution in [0.15, 0.2) is 29.1 Å². The van der Waals surface area contributed by atoms with Crippen molar-refractivity contribution in [3.05, 3.63) is 62.0 Å². The third-order valence-corrected chi connectivity index (χ3v) is 7.66. The summed E-state index contributed by atoms with van der Waals surface area (Å²) in [7, 11) is 0. The number of aryl methyl sites for hydroxylation is 2. The Bertz CT molecular complexity index is 1270. The molecule has 1 unspecified atom stereocenters. The van der Waals surface area contributed by atoms with Crippen LogP contribution in [0.1, 0.15) is 52.1 Å². The van der Waals surface area contributed by atoms with E-state index in [0.29, 0.717) is 59.1 Å². The third-order valence-electron chi connectivity index (χ3n) is 6.49. The summed E-state index contributed by atoms with van der Waals surface area (Å²) in [5.74, 6) is 0.271. The van der Waals surface area contributed by atoms with Crippen LogP contribution in [0.3, 0.4) is 0 Å². The Labute approximate surface area is 202 Å². The van der Waals surface area contributed by atoms with Crippen LogP contribution in [-0.2, 0) is 16.0 Å². The first kappa shape index (κ1) is 24.1. The molecule has 1 aromatic carbocycles. The van der Waals surface area contributed by atoms with E-state index in [1.165, 1.54) is 11.3 Å². The highest BCUT2D eigenvalue weighted by atomic mass is 32.1. The van der Waals surface area contributed by atoms with Crippen LogP contribution >= 0.6 is 11.3 Å². The highest BCUT2D eigenvalue weighted by molar-refractivity contribution is 7.20. The smallest absolute Gasteiger partial charge is 0.348 e. The zero-order valence-electron chi connectivity index (χ0n) is 20.0. The Morgan fingerprint density at radius 2 is 1.88 bits per heavy atom. The van der Waals surface area contributed by atoms with E-state index in [0.717, 1.165) is 11.1 Å². The van der Waals surface area contributed by atoms with Crippen LogP contribution in [0, 0.1) is 13.8 Å². The molecule has 0 aliphatic carbocycles. The van der Waals surface area contributed by atoms with Gasteiger partial charge < -0.3 is 14.6 Å². The van der Waals surface area contributed by atoms with E-state index in [1.807, 2.05) is 43.0 Å². The van der Waals surface area contributed by atoms with Crippen molar-refractivity contribution in [2.75, 3.05) is 32.8 Å². The number of carbonyl (C=O) groups excluding carboxylic acids is 2. The van der Waals surface area contributed by atoms with E-state index in [2.05, 4.69) is 14.9 Å². The summed E-state index contributed by atoms with van der Waals surface area (Å²) in [6, 6.07) is 7.85. The number of aromatic amines is 1. The molecule has 0 spiro atoms. The first-order valence-electron chi connectivity index (χ1n) is 11.6. The lowest BCUT2D eigenvalue weighted by molar-refractivity contribution is -0.132. The maximum atomic E-state index is 12.8. The minimum Gasteiger partial charge on any atom is -0.462 e. The Hall–Kier alpha value is -3.04. The molecule has 34 heavy (non-hydrogen) atoms. The van der Waals surface area contributed by atoms with Crippen molar-refractivity contribution in [1.82, 2.24) is 19.8 Å². The van der Waals surface area contributed by atoms with E-state index in [-0.39, 0.29) is 24.1 Å². The maximum absolute atomic E-state index is 12.8. The lowest BCUT2D eigenvalue weighted by Gasteiger charge is -2.37. The van der Waals surface area contributed by atoms with Gasteiger partial charge in [-0.1, -0.05) is 24.3 Å². The van der Waals surface area contributed by atoms with Gasteiger partial charge >= 0.3 is 5.97 Å². The predicted octanol–water partition coefficient (Wildman–Crippen LogP) is 3.23. The van der Waals surface area contributed by atoms with Gasteiger partial charge in [-0.05, 0) is 44.4 Å². The summed E-state index contributed by atoms with van der Waals surface area (Å²) in [5, 5.41) is 0.440. The average Bonchev–Trinajstić information content (AvgIpc) is 3.17. The molecular formula is C25H30N4O4S. The van der Waals surface area contributed by atoms with Gasteiger partial charge in [0.05, 0.1) is 24.5 Å². The molecule has 1 aliphatic rings. The number of hydrogen-bond acceptors (Lipinski definition) is 7. The maximum Gasteiger partial charge on any atom is 0.348 e. The van der Waals surface area contributed by atoms with Crippen LogP contribution in [0.4, 0.5) is 0 Å². The quantitative estimate of drug-likeness (QED) is 0.542. The van der Waals surface area contributed by atoms with Gasteiger partial charge in [-0.25, -0.2) is 9.78 Å². The number of ether oxygens (including phenoxy) is 1. The molecule has 1 amide bonds. The minimum atomic E-state index is -0.427. The number of aromatic nitrogens is 2.